The van der Waals surface area contributed by atoms with Gasteiger partial charge < -0.3 is 9.84 Å². The van der Waals surface area contributed by atoms with Crippen molar-refractivity contribution in [1.29, 1.82) is 0 Å². The normalized spacial score (nSPS) is 47.7. The molecule has 0 bridgehead atoms. The molecule has 4 heteroatoms. The average molecular weight is 405 g/mol. The molecule has 164 valence electrons. The minimum Gasteiger partial charge on any atom is -0.469 e. The van der Waals surface area contributed by atoms with E-state index in [1.165, 1.54) is 26.4 Å². The van der Waals surface area contributed by atoms with Gasteiger partial charge in [0.2, 0.25) is 0 Å². The van der Waals surface area contributed by atoms with Gasteiger partial charge in [-0.3, -0.25) is 9.59 Å². The first-order valence-corrected chi connectivity index (χ1v) is 12.0. The zero-order valence-corrected chi connectivity index (χ0v) is 18.8. The van der Waals surface area contributed by atoms with Gasteiger partial charge in [-0.2, -0.15) is 0 Å². The minimum absolute atomic E-state index is 0.138. The van der Waals surface area contributed by atoms with Crippen LogP contribution < -0.4 is 0 Å². The molecule has 4 nitrogen and oxygen atoms in total. The summed E-state index contributed by atoms with van der Waals surface area (Å²) in [6.45, 7) is 6.94. The van der Waals surface area contributed by atoms with Gasteiger partial charge in [0, 0.05) is 18.3 Å². The number of methoxy groups -OCH3 is 1. The zero-order valence-electron chi connectivity index (χ0n) is 18.8. The van der Waals surface area contributed by atoms with Crippen molar-refractivity contribution in [3.05, 3.63) is 0 Å². The van der Waals surface area contributed by atoms with Crippen molar-refractivity contribution < 1.29 is 19.4 Å². The second-order valence-corrected chi connectivity index (χ2v) is 11.3. The Bertz CT molecular complexity index is 659. The van der Waals surface area contributed by atoms with Gasteiger partial charge in [-0.1, -0.05) is 20.8 Å². The van der Waals surface area contributed by atoms with E-state index in [1.54, 1.807) is 0 Å². The largest absolute Gasteiger partial charge is 0.469 e. The van der Waals surface area contributed by atoms with E-state index in [9.17, 15) is 14.7 Å². The Labute approximate surface area is 176 Å². The number of Topliss-reactive ketones (excluding diaryl/α,β-unsaturated/α-hetero) is 1. The third kappa shape index (κ3) is 3.28. The molecule has 0 spiro atoms. The molecule has 0 aromatic heterocycles. The minimum atomic E-state index is -0.214. The highest BCUT2D eigenvalue weighted by Gasteiger charge is 2.63. The van der Waals surface area contributed by atoms with Crippen LogP contribution in [-0.4, -0.2) is 30.1 Å². The summed E-state index contributed by atoms with van der Waals surface area (Å²) in [6.07, 6.45) is 9.53. The van der Waals surface area contributed by atoms with Crippen LogP contribution in [0.15, 0.2) is 0 Å². The predicted octanol–water partition coefficient (Wildman–Crippen LogP) is 4.77. The standard InChI is InChI=1S/C25H40O4/c1-15(5-10-23(28)29-4)19-8-9-20-18-7-6-16-13-17(26)11-12-24(16,2)21(18)14-22(27)25(19,20)3/h15-21,26H,5-14H2,1-4H3/t15-,16+,17+,18+,19-,20+,21+,24+,25-/m1/s1. The molecule has 0 amide bonds. The number of carbonyl (C=O) groups excluding carboxylic acids is 2. The number of aliphatic hydroxyl groups excluding tert-OH is 1. The van der Waals surface area contributed by atoms with Crippen LogP contribution in [0.4, 0.5) is 0 Å². The van der Waals surface area contributed by atoms with Gasteiger partial charge in [-0.05, 0) is 92.3 Å². The number of hydrogen-bond acceptors (Lipinski definition) is 4. The molecule has 0 unspecified atom stereocenters. The maximum Gasteiger partial charge on any atom is 0.305 e. The Hall–Kier alpha value is -0.900. The maximum absolute atomic E-state index is 13.7. The highest BCUT2D eigenvalue weighted by molar-refractivity contribution is 5.87. The summed E-state index contributed by atoms with van der Waals surface area (Å²) in [4.78, 5) is 25.3. The Kier molecular flexibility index (Phi) is 5.63. The van der Waals surface area contributed by atoms with Gasteiger partial charge in [0.05, 0.1) is 13.2 Å². The summed E-state index contributed by atoms with van der Waals surface area (Å²) in [5.41, 5.74) is 0.0157. The number of hydrogen-bond donors (Lipinski definition) is 1. The second-order valence-electron chi connectivity index (χ2n) is 11.3. The van der Waals surface area contributed by atoms with Crippen LogP contribution >= 0.6 is 0 Å². The fourth-order valence-corrected chi connectivity index (χ4v) is 8.53. The highest BCUT2D eigenvalue weighted by Crippen LogP contribution is 2.67. The predicted molar refractivity (Wildman–Crippen MR) is 112 cm³/mol. The number of aliphatic hydroxyl groups is 1. The van der Waals surface area contributed by atoms with Crippen molar-refractivity contribution in [3.63, 3.8) is 0 Å². The highest BCUT2D eigenvalue weighted by atomic mass is 16.5. The van der Waals surface area contributed by atoms with Gasteiger partial charge in [-0.25, -0.2) is 0 Å². The molecular weight excluding hydrogens is 364 g/mol. The Morgan fingerprint density at radius 1 is 1.17 bits per heavy atom. The topological polar surface area (TPSA) is 63.6 Å². The van der Waals surface area contributed by atoms with Crippen LogP contribution in [-0.2, 0) is 14.3 Å². The molecule has 0 heterocycles. The Balaban J connectivity index is 1.54. The summed E-state index contributed by atoms with van der Waals surface area (Å²) in [5.74, 6) is 3.37. The molecule has 4 fully saturated rings. The lowest BCUT2D eigenvalue weighted by atomic mass is 9.44. The summed E-state index contributed by atoms with van der Waals surface area (Å²) in [6, 6.07) is 0. The van der Waals surface area contributed by atoms with Gasteiger partial charge in [-0.15, -0.1) is 0 Å². The number of rotatable bonds is 4. The van der Waals surface area contributed by atoms with E-state index in [0.29, 0.717) is 47.7 Å². The molecular formula is C25H40O4. The number of ether oxygens (including phenoxy) is 1. The maximum atomic E-state index is 13.7. The molecule has 1 N–H and O–H groups in total. The fraction of sp³-hybridized carbons (Fsp3) is 0.920. The molecule has 0 aromatic rings. The Morgan fingerprint density at radius 2 is 1.93 bits per heavy atom. The summed E-state index contributed by atoms with van der Waals surface area (Å²) in [7, 11) is 1.45. The smallest absolute Gasteiger partial charge is 0.305 e. The van der Waals surface area contributed by atoms with Crippen molar-refractivity contribution in [2.24, 2.45) is 46.3 Å². The fourth-order valence-electron chi connectivity index (χ4n) is 8.53. The summed E-state index contributed by atoms with van der Waals surface area (Å²) in [5, 5.41) is 10.2. The number of carbonyl (C=O) groups is 2. The Morgan fingerprint density at radius 3 is 2.66 bits per heavy atom. The lowest BCUT2D eigenvalue weighted by molar-refractivity contribution is -0.160. The van der Waals surface area contributed by atoms with Crippen molar-refractivity contribution in [2.75, 3.05) is 7.11 Å². The van der Waals surface area contributed by atoms with Crippen LogP contribution in [0.25, 0.3) is 0 Å². The molecule has 29 heavy (non-hydrogen) atoms. The van der Waals surface area contributed by atoms with Gasteiger partial charge in [0.15, 0.2) is 0 Å². The van der Waals surface area contributed by atoms with Crippen LogP contribution in [0.2, 0.25) is 0 Å². The molecule has 4 aliphatic carbocycles. The van der Waals surface area contributed by atoms with E-state index in [4.69, 9.17) is 4.74 Å². The van der Waals surface area contributed by atoms with E-state index in [0.717, 1.165) is 38.5 Å². The van der Waals surface area contributed by atoms with Gasteiger partial charge in [0.25, 0.3) is 0 Å². The third-order valence-electron chi connectivity index (χ3n) is 10.3. The first-order valence-electron chi connectivity index (χ1n) is 12.0. The van der Waals surface area contributed by atoms with Crippen molar-refractivity contribution in [2.45, 2.75) is 91.1 Å². The molecule has 4 rings (SSSR count). The molecule has 0 saturated heterocycles. The van der Waals surface area contributed by atoms with Crippen LogP contribution in [0, 0.1) is 46.3 Å². The summed E-state index contributed by atoms with van der Waals surface area (Å²) >= 11 is 0. The molecule has 9 atom stereocenters. The molecule has 4 aliphatic rings. The van der Waals surface area contributed by atoms with E-state index in [2.05, 4.69) is 20.8 Å². The monoisotopic (exact) mass is 404 g/mol. The number of ketones is 1. The van der Waals surface area contributed by atoms with Crippen molar-refractivity contribution >= 4 is 11.8 Å². The quantitative estimate of drug-likeness (QED) is 0.685. The van der Waals surface area contributed by atoms with Crippen LogP contribution in [0.5, 0.6) is 0 Å². The van der Waals surface area contributed by atoms with E-state index in [-0.39, 0.29) is 22.9 Å². The summed E-state index contributed by atoms with van der Waals surface area (Å²) < 4.78 is 4.83. The molecule has 0 aliphatic heterocycles. The number of esters is 1. The zero-order chi connectivity index (χ0) is 21.0. The second kappa shape index (κ2) is 7.66. The van der Waals surface area contributed by atoms with Gasteiger partial charge in [0.1, 0.15) is 5.78 Å². The molecule has 0 aromatic carbocycles. The van der Waals surface area contributed by atoms with Crippen molar-refractivity contribution in [1.82, 2.24) is 0 Å². The number of fused-ring (bicyclic) bond motifs is 5. The van der Waals surface area contributed by atoms with E-state index < -0.39 is 0 Å². The van der Waals surface area contributed by atoms with Crippen LogP contribution in [0.1, 0.15) is 85.0 Å². The van der Waals surface area contributed by atoms with Gasteiger partial charge >= 0.3 is 5.97 Å². The van der Waals surface area contributed by atoms with E-state index >= 15 is 0 Å². The average Bonchev–Trinajstić information content (AvgIpc) is 3.06. The van der Waals surface area contributed by atoms with Crippen LogP contribution in [0.3, 0.4) is 0 Å². The third-order valence-corrected chi connectivity index (χ3v) is 10.3. The lowest BCUT2D eigenvalue weighted by Crippen LogP contribution is -2.57. The molecule has 4 saturated carbocycles. The van der Waals surface area contributed by atoms with E-state index in [1.807, 2.05) is 0 Å². The first kappa shape index (κ1) is 21.3. The SMILES string of the molecule is COC(=O)CC[C@@H](C)[C@H]1CC[C@H]2[C@@H]3CC[C@H]4C[C@@H](O)CC[C@]4(C)[C@H]3CC(=O)[C@]12C. The molecule has 0 radical (unpaired) electrons. The first-order chi connectivity index (χ1) is 13.7. The lowest BCUT2D eigenvalue weighted by Gasteiger charge is -2.60. The van der Waals surface area contributed by atoms with Crippen molar-refractivity contribution in [3.8, 4) is 0 Å².